The smallest absolute Gasteiger partial charge is 0.270 e. The first-order chi connectivity index (χ1) is 15.8. The van der Waals surface area contributed by atoms with E-state index in [1.54, 1.807) is 19.2 Å². The normalized spacial score (nSPS) is 11.2. The van der Waals surface area contributed by atoms with E-state index in [9.17, 15) is 23.3 Å². The van der Waals surface area contributed by atoms with Crippen molar-refractivity contribution in [1.82, 2.24) is 0 Å². The number of sulfonamides is 1. The van der Waals surface area contributed by atoms with Crippen molar-refractivity contribution in [1.29, 1.82) is 0 Å². The van der Waals surface area contributed by atoms with Crippen molar-refractivity contribution in [2.75, 3.05) is 16.7 Å². The molecule has 0 aliphatic heterocycles. The highest BCUT2D eigenvalue weighted by Crippen LogP contribution is 2.26. The van der Waals surface area contributed by atoms with Gasteiger partial charge in [-0.3, -0.25) is 19.6 Å². The summed E-state index contributed by atoms with van der Waals surface area (Å²) in [7, 11) is -2.56. The fourth-order valence-corrected chi connectivity index (χ4v) is 4.53. The quantitative estimate of drug-likeness (QED) is 0.327. The van der Waals surface area contributed by atoms with Crippen LogP contribution >= 0.6 is 0 Å². The van der Waals surface area contributed by atoms with Crippen LogP contribution in [0.5, 0.6) is 0 Å². The molecule has 0 aliphatic rings. The molecule has 0 saturated heterocycles. The number of fused-ring (bicyclic) bond motifs is 1. The summed E-state index contributed by atoms with van der Waals surface area (Å²) in [5.41, 5.74) is 0.511. The van der Waals surface area contributed by atoms with Crippen LogP contribution in [0.25, 0.3) is 10.8 Å². The number of amides is 1. The molecule has 9 heteroatoms. The number of nitro benzene ring substituents is 1. The van der Waals surface area contributed by atoms with Gasteiger partial charge >= 0.3 is 0 Å². The van der Waals surface area contributed by atoms with Crippen molar-refractivity contribution in [3.05, 3.63) is 107 Å². The van der Waals surface area contributed by atoms with Gasteiger partial charge in [0.05, 0.1) is 21.1 Å². The van der Waals surface area contributed by atoms with E-state index < -0.39 is 20.9 Å². The van der Waals surface area contributed by atoms with Gasteiger partial charge in [-0.1, -0.05) is 48.5 Å². The lowest BCUT2D eigenvalue weighted by molar-refractivity contribution is -0.385. The van der Waals surface area contributed by atoms with Crippen LogP contribution < -0.4 is 9.62 Å². The number of para-hydroxylation sites is 1. The Morgan fingerprint density at radius 3 is 2.33 bits per heavy atom. The van der Waals surface area contributed by atoms with Gasteiger partial charge < -0.3 is 4.90 Å². The topological polar surface area (TPSA) is 110 Å². The van der Waals surface area contributed by atoms with E-state index in [0.717, 1.165) is 16.8 Å². The Bertz CT molecular complexity index is 1480. The van der Waals surface area contributed by atoms with Crippen molar-refractivity contribution < 1.29 is 18.1 Å². The van der Waals surface area contributed by atoms with Crippen molar-refractivity contribution in [2.24, 2.45) is 0 Å². The molecule has 0 radical (unpaired) electrons. The lowest BCUT2D eigenvalue weighted by atomic mass is 10.1. The molecule has 0 heterocycles. The average Bonchev–Trinajstić information content (AvgIpc) is 2.83. The molecule has 166 valence electrons. The van der Waals surface area contributed by atoms with Crippen LogP contribution in [0.1, 0.15) is 10.4 Å². The Morgan fingerprint density at radius 1 is 0.879 bits per heavy atom. The number of anilines is 2. The Kier molecular flexibility index (Phi) is 5.80. The summed E-state index contributed by atoms with van der Waals surface area (Å²) < 4.78 is 28.1. The van der Waals surface area contributed by atoms with Crippen LogP contribution in [-0.2, 0) is 10.0 Å². The van der Waals surface area contributed by atoms with Gasteiger partial charge in [-0.2, -0.15) is 0 Å². The Morgan fingerprint density at radius 2 is 1.58 bits per heavy atom. The van der Waals surface area contributed by atoms with E-state index in [2.05, 4.69) is 4.72 Å². The van der Waals surface area contributed by atoms with Gasteiger partial charge in [0.2, 0.25) is 0 Å². The minimum absolute atomic E-state index is 0.0710. The maximum atomic E-state index is 13.3. The van der Waals surface area contributed by atoms with Crippen LogP contribution in [0.15, 0.2) is 95.9 Å². The number of nitrogens with one attached hydrogen (secondary N) is 1. The Balaban J connectivity index is 1.66. The predicted molar refractivity (Wildman–Crippen MR) is 127 cm³/mol. The number of non-ortho nitro benzene ring substituents is 1. The molecule has 0 bridgehead atoms. The van der Waals surface area contributed by atoms with Gasteiger partial charge in [0, 0.05) is 24.9 Å². The van der Waals surface area contributed by atoms with E-state index in [1.165, 1.54) is 35.2 Å². The van der Waals surface area contributed by atoms with Gasteiger partial charge in [0.15, 0.2) is 0 Å². The number of nitrogens with zero attached hydrogens (tertiary/aromatic N) is 2. The number of carbonyl (C=O) groups excluding carboxylic acids is 1. The molecule has 0 saturated carbocycles. The number of rotatable bonds is 6. The molecule has 0 unspecified atom stereocenters. The number of benzene rings is 4. The summed E-state index contributed by atoms with van der Waals surface area (Å²) in [6.45, 7) is 0. The molecule has 0 aliphatic carbocycles. The fourth-order valence-electron chi connectivity index (χ4n) is 3.41. The fraction of sp³-hybridized carbons (Fsp3) is 0.0417. The Labute approximate surface area is 190 Å². The first-order valence-corrected chi connectivity index (χ1v) is 11.4. The first-order valence-electron chi connectivity index (χ1n) is 9.89. The lowest BCUT2D eigenvalue weighted by Crippen LogP contribution is -2.27. The van der Waals surface area contributed by atoms with Crippen LogP contribution in [-0.4, -0.2) is 26.3 Å². The van der Waals surface area contributed by atoms with Crippen LogP contribution in [0.2, 0.25) is 0 Å². The highest BCUT2D eigenvalue weighted by Gasteiger charge is 2.22. The second kappa shape index (κ2) is 8.71. The summed E-state index contributed by atoms with van der Waals surface area (Å²) >= 11 is 0. The second-order valence-electron chi connectivity index (χ2n) is 7.30. The molecule has 8 nitrogen and oxygen atoms in total. The number of hydrogen-bond donors (Lipinski definition) is 1. The zero-order valence-electron chi connectivity index (χ0n) is 17.5. The standard InChI is InChI=1S/C24H19N3O5S/c1-26(19-14-13-17-7-2-3-8-18(17)15-19)24(28)22-11-4-5-12-23(22)25-33(31,32)21-10-6-9-20(16-21)27(29)30/h2-16,25H,1H3. The molecule has 1 amide bonds. The molecular weight excluding hydrogens is 442 g/mol. The van der Waals surface area contributed by atoms with Gasteiger partial charge in [-0.05, 0) is 41.1 Å². The highest BCUT2D eigenvalue weighted by atomic mass is 32.2. The summed E-state index contributed by atoms with van der Waals surface area (Å²) in [5, 5.41) is 13.0. The second-order valence-corrected chi connectivity index (χ2v) is 8.98. The lowest BCUT2D eigenvalue weighted by Gasteiger charge is -2.20. The maximum absolute atomic E-state index is 13.3. The molecule has 4 aromatic rings. The molecule has 0 fully saturated rings. The minimum atomic E-state index is -4.17. The van der Waals surface area contributed by atoms with Crippen molar-refractivity contribution in [2.45, 2.75) is 4.90 Å². The summed E-state index contributed by atoms with van der Waals surface area (Å²) in [6, 6.07) is 24.3. The summed E-state index contributed by atoms with van der Waals surface area (Å²) in [6.07, 6.45) is 0. The van der Waals surface area contributed by atoms with Crippen LogP contribution in [0, 0.1) is 10.1 Å². The van der Waals surface area contributed by atoms with Gasteiger partial charge in [-0.15, -0.1) is 0 Å². The van der Waals surface area contributed by atoms with E-state index in [1.807, 2.05) is 42.5 Å². The highest BCUT2D eigenvalue weighted by molar-refractivity contribution is 7.92. The van der Waals surface area contributed by atoms with Gasteiger partial charge in [-0.25, -0.2) is 8.42 Å². The van der Waals surface area contributed by atoms with Crippen molar-refractivity contribution in [3.8, 4) is 0 Å². The predicted octanol–water partition coefficient (Wildman–Crippen LogP) is 4.83. The van der Waals surface area contributed by atoms with Crippen LogP contribution in [0.4, 0.5) is 17.1 Å². The molecular formula is C24H19N3O5S. The molecule has 0 spiro atoms. The summed E-state index contributed by atoms with van der Waals surface area (Å²) in [5.74, 6) is -0.414. The number of hydrogen-bond acceptors (Lipinski definition) is 5. The van der Waals surface area contributed by atoms with E-state index in [4.69, 9.17) is 0 Å². The zero-order valence-corrected chi connectivity index (χ0v) is 18.3. The van der Waals surface area contributed by atoms with E-state index in [0.29, 0.717) is 5.69 Å². The minimum Gasteiger partial charge on any atom is -0.311 e. The molecule has 4 aromatic carbocycles. The third-order valence-corrected chi connectivity index (χ3v) is 6.53. The molecule has 4 rings (SSSR count). The monoisotopic (exact) mass is 461 g/mol. The number of nitro groups is 1. The first kappa shape index (κ1) is 22.0. The van der Waals surface area contributed by atoms with Crippen LogP contribution in [0.3, 0.4) is 0 Å². The SMILES string of the molecule is CN(C(=O)c1ccccc1NS(=O)(=O)c1cccc([N+](=O)[O-])c1)c1ccc2ccccc2c1. The molecule has 0 atom stereocenters. The Hall–Kier alpha value is -4.24. The average molecular weight is 461 g/mol. The van der Waals surface area contributed by atoms with E-state index in [-0.39, 0.29) is 21.8 Å². The molecule has 33 heavy (non-hydrogen) atoms. The van der Waals surface area contributed by atoms with Crippen molar-refractivity contribution in [3.63, 3.8) is 0 Å². The number of carbonyl (C=O) groups is 1. The molecule has 1 N–H and O–H groups in total. The zero-order chi connectivity index (χ0) is 23.6. The molecule has 0 aromatic heterocycles. The van der Waals surface area contributed by atoms with Gasteiger partial charge in [0.25, 0.3) is 21.6 Å². The van der Waals surface area contributed by atoms with E-state index >= 15 is 0 Å². The maximum Gasteiger partial charge on any atom is 0.270 e. The van der Waals surface area contributed by atoms with Crippen molar-refractivity contribution >= 4 is 43.8 Å². The largest absolute Gasteiger partial charge is 0.311 e. The van der Waals surface area contributed by atoms with Gasteiger partial charge in [0.1, 0.15) is 0 Å². The third kappa shape index (κ3) is 4.53. The summed E-state index contributed by atoms with van der Waals surface area (Å²) in [4.78, 5) is 24.8. The third-order valence-electron chi connectivity index (χ3n) is 5.17.